The van der Waals surface area contributed by atoms with Crippen molar-refractivity contribution in [2.75, 3.05) is 50.4 Å². The van der Waals surface area contributed by atoms with E-state index in [1.54, 1.807) is 12.0 Å². The number of hydrogen-bond donors (Lipinski definition) is 1. The number of nitrogens with two attached hydrogens (primary N) is 1. The quantitative estimate of drug-likeness (QED) is 0.775. The predicted molar refractivity (Wildman–Crippen MR) is 68.3 cm³/mol. The van der Waals surface area contributed by atoms with Crippen molar-refractivity contribution in [3.05, 3.63) is 0 Å². The summed E-state index contributed by atoms with van der Waals surface area (Å²) in [5, 5.41) is 0. The van der Waals surface area contributed by atoms with Crippen LogP contribution < -0.4 is 15.5 Å². The molecule has 2 N–H and O–H groups in total. The van der Waals surface area contributed by atoms with E-state index in [2.05, 4.69) is 15.0 Å². The van der Waals surface area contributed by atoms with E-state index in [1.807, 2.05) is 33.0 Å². The van der Waals surface area contributed by atoms with Gasteiger partial charge in [0.05, 0.1) is 12.6 Å². The zero-order chi connectivity index (χ0) is 13.0. The lowest BCUT2D eigenvalue weighted by Crippen LogP contribution is -2.34. The highest BCUT2D eigenvalue weighted by Crippen LogP contribution is 2.14. The first-order valence-electron chi connectivity index (χ1n) is 5.36. The minimum Gasteiger partial charge on any atom is -0.383 e. The highest BCUT2D eigenvalue weighted by atomic mass is 16.5. The van der Waals surface area contributed by atoms with Crippen LogP contribution >= 0.6 is 0 Å². The molecule has 0 radical (unpaired) electrons. The van der Waals surface area contributed by atoms with E-state index in [4.69, 9.17) is 10.5 Å². The predicted octanol–water partition coefficient (Wildman–Crippen LogP) is -0.00910. The van der Waals surface area contributed by atoms with E-state index < -0.39 is 0 Å². The molecule has 0 bridgehead atoms. The Hall–Kier alpha value is -1.63. The van der Waals surface area contributed by atoms with Gasteiger partial charge in [-0.1, -0.05) is 0 Å². The van der Waals surface area contributed by atoms with Gasteiger partial charge in [-0.15, -0.1) is 0 Å². The van der Waals surface area contributed by atoms with Crippen LogP contribution in [0.3, 0.4) is 0 Å². The van der Waals surface area contributed by atoms with Gasteiger partial charge >= 0.3 is 0 Å². The zero-order valence-corrected chi connectivity index (χ0v) is 11.0. The molecule has 96 valence electrons. The molecule has 0 aliphatic carbocycles. The second-order valence-electron chi connectivity index (χ2n) is 4.10. The van der Waals surface area contributed by atoms with Gasteiger partial charge in [0, 0.05) is 28.3 Å². The summed E-state index contributed by atoms with van der Waals surface area (Å²) in [5.74, 6) is 1.31. The smallest absolute Gasteiger partial charge is 0.232 e. The van der Waals surface area contributed by atoms with Gasteiger partial charge in [-0.05, 0) is 6.92 Å². The summed E-state index contributed by atoms with van der Waals surface area (Å²) in [6.07, 6.45) is 0. The molecule has 1 unspecified atom stereocenters. The molecule has 0 aliphatic heterocycles. The number of ether oxygens (including phenoxy) is 1. The zero-order valence-electron chi connectivity index (χ0n) is 11.0. The van der Waals surface area contributed by atoms with Gasteiger partial charge in [0.1, 0.15) is 0 Å². The lowest BCUT2D eigenvalue weighted by atomic mass is 10.3. The van der Waals surface area contributed by atoms with Crippen LogP contribution in [-0.2, 0) is 4.74 Å². The molecule has 17 heavy (non-hydrogen) atoms. The Labute approximate surface area is 102 Å². The fraction of sp³-hybridized carbons (Fsp3) is 0.700. The molecule has 1 atom stereocenters. The SMILES string of the molecule is COCC(C)N(C)c1nc(N)nc(N(C)C)n1. The molecule has 1 aromatic rings. The van der Waals surface area contributed by atoms with E-state index >= 15 is 0 Å². The van der Waals surface area contributed by atoms with Crippen molar-refractivity contribution in [3.63, 3.8) is 0 Å². The van der Waals surface area contributed by atoms with Crippen LogP contribution in [-0.4, -0.2) is 55.9 Å². The molecule has 7 heteroatoms. The summed E-state index contributed by atoms with van der Waals surface area (Å²) in [6.45, 7) is 2.62. The van der Waals surface area contributed by atoms with Crippen molar-refractivity contribution in [2.45, 2.75) is 13.0 Å². The summed E-state index contributed by atoms with van der Waals surface area (Å²) >= 11 is 0. The van der Waals surface area contributed by atoms with Crippen LogP contribution in [0.4, 0.5) is 17.8 Å². The van der Waals surface area contributed by atoms with Gasteiger partial charge in [0.15, 0.2) is 0 Å². The highest BCUT2D eigenvalue weighted by Gasteiger charge is 2.15. The van der Waals surface area contributed by atoms with E-state index in [0.29, 0.717) is 18.5 Å². The first kappa shape index (κ1) is 13.4. The van der Waals surface area contributed by atoms with Gasteiger partial charge < -0.3 is 20.3 Å². The summed E-state index contributed by atoms with van der Waals surface area (Å²) in [4.78, 5) is 16.2. The normalized spacial score (nSPS) is 12.3. The van der Waals surface area contributed by atoms with Crippen molar-refractivity contribution in [2.24, 2.45) is 0 Å². The Morgan fingerprint density at radius 3 is 2.29 bits per heavy atom. The first-order chi connectivity index (χ1) is 7.95. The van der Waals surface area contributed by atoms with Crippen molar-refractivity contribution in [1.82, 2.24) is 15.0 Å². The molecule has 1 heterocycles. The molecular weight excluding hydrogens is 220 g/mol. The van der Waals surface area contributed by atoms with Gasteiger partial charge in [0.25, 0.3) is 0 Å². The molecule has 7 nitrogen and oxygen atoms in total. The van der Waals surface area contributed by atoms with Crippen molar-refractivity contribution in [3.8, 4) is 0 Å². The number of anilines is 3. The maximum absolute atomic E-state index is 5.66. The largest absolute Gasteiger partial charge is 0.383 e. The number of likely N-dealkylation sites (N-methyl/N-ethyl adjacent to an activating group) is 1. The number of hydrogen-bond acceptors (Lipinski definition) is 7. The Balaban J connectivity index is 2.96. The average molecular weight is 240 g/mol. The van der Waals surface area contributed by atoms with E-state index in [-0.39, 0.29) is 12.0 Å². The second-order valence-corrected chi connectivity index (χ2v) is 4.10. The minimum absolute atomic E-state index is 0.164. The topological polar surface area (TPSA) is 80.4 Å². The van der Waals surface area contributed by atoms with Crippen LogP contribution in [0.25, 0.3) is 0 Å². The number of nitrogen functional groups attached to an aromatic ring is 1. The second kappa shape index (κ2) is 5.62. The lowest BCUT2D eigenvalue weighted by molar-refractivity contribution is 0.183. The van der Waals surface area contributed by atoms with Gasteiger partial charge in [-0.2, -0.15) is 15.0 Å². The summed E-state index contributed by atoms with van der Waals surface area (Å²) in [6, 6.07) is 0.164. The molecule has 0 saturated carbocycles. The molecule has 0 amide bonds. The van der Waals surface area contributed by atoms with Crippen LogP contribution in [0, 0.1) is 0 Å². The molecular formula is C10H20N6O. The van der Waals surface area contributed by atoms with E-state index in [1.165, 1.54) is 0 Å². The van der Waals surface area contributed by atoms with Gasteiger partial charge in [-0.25, -0.2) is 0 Å². The van der Waals surface area contributed by atoms with Crippen LogP contribution in [0.2, 0.25) is 0 Å². The Morgan fingerprint density at radius 2 is 1.76 bits per heavy atom. The number of methoxy groups -OCH3 is 1. The summed E-state index contributed by atoms with van der Waals surface area (Å²) < 4.78 is 5.10. The first-order valence-corrected chi connectivity index (χ1v) is 5.36. The van der Waals surface area contributed by atoms with E-state index in [9.17, 15) is 0 Å². The van der Waals surface area contributed by atoms with Gasteiger partial charge in [-0.3, -0.25) is 0 Å². The fourth-order valence-corrected chi connectivity index (χ4v) is 1.28. The third kappa shape index (κ3) is 3.42. The Morgan fingerprint density at radius 1 is 1.18 bits per heavy atom. The highest BCUT2D eigenvalue weighted by molar-refractivity contribution is 5.42. The minimum atomic E-state index is 0.164. The van der Waals surface area contributed by atoms with Crippen LogP contribution in [0.1, 0.15) is 6.92 Å². The average Bonchev–Trinajstić information content (AvgIpc) is 2.27. The van der Waals surface area contributed by atoms with Crippen molar-refractivity contribution in [1.29, 1.82) is 0 Å². The Bertz CT molecular complexity index is 370. The fourth-order valence-electron chi connectivity index (χ4n) is 1.28. The maximum atomic E-state index is 5.66. The van der Waals surface area contributed by atoms with Crippen molar-refractivity contribution >= 4 is 17.8 Å². The third-order valence-electron chi connectivity index (χ3n) is 2.41. The third-order valence-corrected chi connectivity index (χ3v) is 2.41. The maximum Gasteiger partial charge on any atom is 0.232 e. The van der Waals surface area contributed by atoms with E-state index in [0.717, 1.165) is 0 Å². The molecule has 0 fully saturated rings. The summed E-state index contributed by atoms with van der Waals surface area (Å²) in [7, 11) is 7.28. The number of aromatic nitrogens is 3. The molecule has 1 aromatic heterocycles. The number of rotatable bonds is 5. The molecule has 1 rings (SSSR count). The van der Waals surface area contributed by atoms with Gasteiger partial charge in [0.2, 0.25) is 17.8 Å². The summed E-state index contributed by atoms with van der Waals surface area (Å²) in [5.41, 5.74) is 5.66. The number of nitrogens with zero attached hydrogens (tertiary/aromatic N) is 5. The molecule has 0 aromatic carbocycles. The lowest BCUT2D eigenvalue weighted by Gasteiger charge is -2.25. The molecule has 0 spiro atoms. The van der Waals surface area contributed by atoms with Crippen LogP contribution in [0.15, 0.2) is 0 Å². The van der Waals surface area contributed by atoms with Crippen molar-refractivity contribution < 1.29 is 4.74 Å². The monoisotopic (exact) mass is 240 g/mol. The molecule has 0 aliphatic rings. The standard InChI is InChI=1S/C10H20N6O/c1-7(6-17-5)16(4)10-13-8(11)12-9(14-10)15(2)3/h7H,6H2,1-5H3,(H2,11,12,13,14). The Kier molecular flexibility index (Phi) is 4.45. The van der Waals surface area contributed by atoms with Crippen LogP contribution in [0.5, 0.6) is 0 Å². The molecule has 0 saturated heterocycles.